The number of amides is 1. The smallest absolute Gasteiger partial charge is 0.310 e. The van der Waals surface area contributed by atoms with Gasteiger partial charge in [-0.05, 0) is 37.1 Å². The fraction of sp³-hybridized carbons (Fsp3) is 0.200. The maximum Gasteiger partial charge on any atom is 0.310 e. The Hall–Kier alpha value is -3.40. The van der Waals surface area contributed by atoms with Crippen LogP contribution in [0.25, 0.3) is 0 Å². The molecule has 29 heavy (non-hydrogen) atoms. The summed E-state index contributed by atoms with van der Waals surface area (Å²) in [7, 11) is 0. The molecule has 1 fully saturated rings. The van der Waals surface area contributed by atoms with Crippen molar-refractivity contribution in [2.75, 3.05) is 11.4 Å². The summed E-state index contributed by atoms with van der Waals surface area (Å²) >= 11 is 0. The lowest BCUT2D eigenvalue weighted by atomic mass is 10.0. The Morgan fingerprint density at radius 2 is 1.76 bits per heavy atom. The van der Waals surface area contributed by atoms with Gasteiger partial charge in [-0.1, -0.05) is 78.9 Å². The molecule has 4 heteroatoms. The predicted molar refractivity (Wildman–Crippen MR) is 118 cm³/mol. The van der Waals surface area contributed by atoms with E-state index < -0.39 is 11.9 Å². The summed E-state index contributed by atoms with van der Waals surface area (Å²) in [5.41, 5.74) is 3.89. The van der Waals surface area contributed by atoms with Gasteiger partial charge in [0.2, 0.25) is 5.91 Å². The number of hydrogen-bond donors (Lipinski definition) is 1. The summed E-state index contributed by atoms with van der Waals surface area (Å²) in [5, 5.41) is 9.01. The lowest BCUT2D eigenvalue weighted by molar-refractivity contribution is -0.138. The lowest BCUT2D eigenvalue weighted by Gasteiger charge is -2.16. The second kappa shape index (κ2) is 10.8. The Labute approximate surface area is 172 Å². The molecule has 1 saturated heterocycles. The maximum absolute atomic E-state index is 12.1. The van der Waals surface area contributed by atoms with E-state index >= 15 is 0 Å². The molecule has 0 spiro atoms. The van der Waals surface area contributed by atoms with Gasteiger partial charge in [-0.3, -0.25) is 9.59 Å². The van der Waals surface area contributed by atoms with Gasteiger partial charge in [0.25, 0.3) is 0 Å². The summed E-state index contributed by atoms with van der Waals surface area (Å²) in [6, 6.07) is 17.4. The van der Waals surface area contributed by atoms with Crippen LogP contribution < -0.4 is 4.90 Å². The van der Waals surface area contributed by atoms with Gasteiger partial charge in [0, 0.05) is 12.2 Å². The Bertz CT molecular complexity index is 895. The number of aryl methyl sites for hydroxylation is 1. The second-order valence-electron chi connectivity index (χ2n) is 6.91. The van der Waals surface area contributed by atoms with E-state index in [2.05, 4.69) is 25.6 Å². The van der Waals surface area contributed by atoms with Crippen molar-refractivity contribution in [2.45, 2.75) is 26.2 Å². The second-order valence-corrected chi connectivity index (χ2v) is 6.91. The van der Waals surface area contributed by atoms with E-state index in [-0.39, 0.29) is 5.91 Å². The molecule has 3 rings (SSSR count). The number of carbonyl (C=O) groups is 2. The fourth-order valence-corrected chi connectivity index (χ4v) is 2.87. The minimum Gasteiger partial charge on any atom is -0.481 e. The average Bonchev–Trinajstić information content (AvgIpc) is 3.09. The fourth-order valence-electron chi connectivity index (χ4n) is 2.87. The van der Waals surface area contributed by atoms with Crippen molar-refractivity contribution in [1.82, 2.24) is 0 Å². The van der Waals surface area contributed by atoms with Crippen LogP contribution >= 0.6 is 0 Å². The summed E-state index contributed by atoms with van der Waals surface area (Å²) in [6.45, 7) is 7.89. The lowest BCUT2D eigenvalue weighted by Crippen LogP contribution is -2.23. The summed E-state index contributed by atoms with van der Waals surface area (Å²) in [4.78, 5) is 24.8. The van der Waals surface area contributed by atoms with Crippen LogP contribution in [0.4, 0.5) is 5.69 Å². The molecule has 1 amide bonds. The van der Waals surface area contributed by atoms with Crippen LogP contribution in [0.3, 0.4) is 0 Å². The molecule has 4 nitrogen and oxygen atoms in total. The molecule has 2 aromatic rings. The van der Waals surface area contributed by atoms with Crippen LogP contribution in [-0.2, 0) is 9.59 Å². The third-order valence-corrected chi connectivity index (χ3v) is 4.64. The Morgan fingerprint density at radius 3 is 2.28 bits per heavy atom. The first-order chi connectivity index (χ1) is 13.9. The van der Waals surface area contributed by atoms with Crippen molar-refractivity contribution in [3.8, 4) is 0 Å². The number of allylic oxidation sites excluding steroid dienone is 4. The minimum absolute atomic E-state index is 0.0530. The molecular weight excluding hydrogens is 362 g/mol. The Balaban J connectivity index is 0.000000360. The Morgan fingerprint density at radius 1 is 1.10 bits per heavy atom. The Kier molecular flexibility index (Phi) is 8.16. The number of nitrogens with zero attached hydrogens (tertiary/aromatic N) is 1. The van der Waals surface area contributed by atoms with E-state index in [1.54, 1.807) is 42.2 Å². The van der Waals surface area contributed by atoms with Gasteiger partial charge in [0.05, 0.1) is 12.3 Å². The van der Waals surface area contributed by atoms with Gasteiger partial charge in [0.1, 0.15) is 0 Å². The first-order valence-corrected chi connectivity index (χ1v) is 9.54. The zero-order valence-electron chi connectivity index (χ0n) is 16.9. The first-order valence-electron chi connectivity index (χ1n) is 9.54. The van der Waals surface area contributed by atoms with E-state index in [0.717, 1.165) is 16.8 Å². The monoisotopic (exact) mass is 389 g/mol. The number of benzene rings is 2. The number of carboxylic acid groups (broad SMARTS) is 1. The topological polar surface area (TPSA) is 57.6 Å². The number of hydrogen-bond acceptors (Lipinski definition) is 2. The van der Waals surface area contributed by atoms with E-state index in [1.165, 1.54) is 5.56 Å². The molecule has 0 radical (unpaired) electrons. The van der Waals surface area contributed by atoms with Gasteiger partial charge in [-0.25, -0.2) is 0 Å². The van der Waals surface area contributed by atoms with Crippen LogP contribution in [0.5, 0.6) is 0 Å². The van der Waals surface area contributed by atoms with Crippen molar-refractivity contribution in [3.63, 3.8) is 0 Å². The largest absolute Gasteiger partial charge is 0.481 e. The SMILES string of the molecule is C=C/C=C\C=C1/CC(=O)N(c2ccc(C(C)C(=O)O)cc2)C1.Cc1ccccc1. The molecule has 0 aromatic heterocycles. The molecule has 0 saturated carbocycles. The summed E-state index contributed by atoms with van der Waals surface area (Å²) < 4.78 is 0. The first kappa shape index (κ1) is 21.9. The van der Waals surface area contributed by atoms with Crippen LogP contribution in [0.15, 0.2) is 91.1 Å². The molecule has 1 aliphatic rings. The highest BCUT2D eigenvalue weighted by atomic mass is 16.4. The van der Waals surface area contributed by atoms with Crippen molar-refractivity contribution in [1.29, 1.82) is 0 Å². The molecule has 1 unspecified atom stereocenters. The molecule has 1 heterocycles. The molecule has 1 N–H and O–H groups in total. The number of aliphatic carboxylic acids is 1. The van der Waals surface area contributed by atoms with Crippen LogP contribution in [0, 0.1) is 6.92 Å². The van der Waals surface area contributed by atoms with Gasteiger partial charge in [0.15, 0.2) is 0 Å². The van der Waals surface area contributed by atoms with Crippen molar-refractivity contribution in [3.05, 3.63) is 102 Å². The molecule has 1 atom stereocenters. The standard InChI is InChI=1S/C18H19NO3.C7H8/c1-3-4-5-6-14-11-17(20)19(12-14)16-9-7-15(8-10-16)13(2)18(21)22;1-7-5-3-2-4-6-7/h3-10,13H,1,11-12H2,2H3,(H,21,22);2-6H,1H3/b5-4-,14-6+;. The van der Waals surface area contributed by atoms with Gasteiger partial charge in [-0.2, -0.15) is 0 Å². The average molecular weight is 389 g/mol. The highest BCUT2D eigenvalue weighted by Gasteiger charge is 2.25. The summed E-state index contributed by atoms with van der Waals surface area (Å²) in [5.74, 6) is -1.36. The third-order valence-electron chi connectivity index (χ3n) is 4.64. The minimum atomic E-state index is -0.857. The quantitative estimate of drug-likeness (QED) is 0.708. The number of anilines is 1. The molecular formula is C25H27NO3. The normalized spacial score (nSPS) is 15.9. The number of rotatable bonds is 5. The van der Waals surface area contributed by atoms with E-state index in [1.807, 2.05) is 36.4 Å². The zero-order chi connectivity index (χ0) is 21.2. The third kappa shape index (κ3) is 6.61. The summed E-state index contributed by atoms with van der Waals surface area (Å²) in [6.07, 6.45) is 7.72. The van der Waals surface area contributed by atoms with Gasteiger partial charge >= 0.3 is 5.97 Å². The molecule has 1 aliphatic heterocycles. The number of carbonyl (C=O) groups excluding carboxylic acids is 1. The van der Waals surface area contributed by atoms with E-state index in [4.69, 9.17) is 5.11 Å². The van der Waals surface area contributed by atoms with Crippen LogP contribution in [0.2, 0.25) is 0 Å². The van der Waals surface area contributed by atoms with E-state index in [0.29, 0.717) is 13.0 Å². The number of carboxylic acids is 1. The highest BCUT2D eigenvalue weighted by molar-refractivity contribution is 5.98. The van der Waals surface area contributed by atoms with Crippen LogP contribution in [-0.4, -0.2) is 23.5 Å². The molecule has 150 valence electrons. The van der Waals surface area contributed by atoms with Crippen molar-refractivity contribution < 1.29 is 14.7 Å². The molecule has 0 bridgehead atoms. The molecule has 2 aromatic carbocycles. The van der Waals surface area contributed by atoms with Gasteiger partial charge in [-0.15, -0.1) is 0 Å². The highest BCUT2D eigenvalue weighted by Crippen LogP contribution is 2.26. The maximum atomic E-state index is 12.1. The predicted octanol–water partition coefficient (Wildman–Crippen LogP) is 5.28. The zero-order valence-corrected chi connectivity index (χ0v) is 16.9. The van der Waals surface area contributed by atoms with E-state index in [9.17, 15) is 9.59 Å². The van der Waals surface area contributed by atoms with Crippen molar-refractivity contribution >= 4 is 17.6 Å². The van der Waals surface area contributed by atoms with Crippen LogP contribution in [0.1, 0.15) is 30.4 Å². The van der Waals surface area contributed by atoms with Gasteiger partial charge < -0.3 is 10.0 Å². The van der Waals surface area contributed by atoms with Crippen molar-refractivity contribution in [2.24, 2.45) is 0 Å². The molecule has 0 aliphatic carbocycles.